The Morgan fingerprint density at radius 1 is 0.955 bits per heavy atom. The van der Waals surface area contributed by atoms with Crippen LogP contribution in [0.1, 0.15) is 24.8 Å². The number of carbonyl (C=O) groups is 1. The fourth-order valence-corrected chi connectivity index (χ4v) is 3.04. The first-order valence-corrected chi connectivity index (χ1v) is 7.52. The van der Waals surface area contributed by atoms with Gasteiger partial charge in [-0.25, -0.2) is 0 Å². The van der Waals surface area contributed by atoms with E-state index in [-0.39, 0.29) is 0 Å². The molecule has 22 heavy (non-hydrogen) atoms. The van der Waals surface area contributed by atoms with E-state index in [2.05, 4.69) is 6.07 Å². The summed E-state index contributed by atoms with van der Waals surface area (Å²) in [5, 5.41) is 11.8. The molecule has 0 spiro atoms. The highest BCUT2D eigenvalue weighted by Gasteiger charge is 2.23. The molecule has 0 aliphatic rings. The molecule has 2 nitrogen and oxygen atoms in total. The Hall–Kier alpha value is -2.61. The molecule has 0 radical (unpaired) electrons. The van der Waals surface area contributed by atoms with Gasteiger partial charge in [-0.1, -0.05) is 73.7 Å². The third-order valence-corrected chi connectivity index (χ3v) is 4.11. The van der Waals surface area contributed by atoms with Crippen molar-refractivity contribution in [1.29, 1.82) is 0 Å². The fourth-order valence-electron chi connectivity index (χ4n) is 3.04. The van der Waals surface area contributed by atoms with Gasteiger partial charge >= 0.3 is 5.97 Å². The lowest BCUT2D eigenvalue weighted by Gasteiger charge is -2.18. The smallest absolute Gasteiger partial charge is 0.311 e. The molecule has 1 atom stereocenters. The molecule has 3 rings (SSSR count). The van der Waals surface area contributed by atoms with Gasteiger partial charge in [-0.2, -0.15) is 0 Å². The Morgan fingerprint density at radius 2 is 1.64 bits per heavy atom. The number of fused-ring (bicyclic) bond motifs is 1. The van der Waals surface area contributed by atoms with Crippen molar-refractivity contribution in [2.24, 2.45) is 0 Å². The van der Waals surface area contributed by atoms with Gasteiger partial charge in [-0.05, 0) is 33.9 Å². The Balaban J connectivity index is 2.35. The van der Waals surface area contributed by atoms with Crippen molar-refractivity contribution in [3.63, 3.8) is 0 Å². The zero-order valence-corrected chi connectivity index (χ0v) is 12.5. The summed E-state index contributed by atoms with van der Waals surface area (Å²) in [6, 6.07) is 22.1. The maximum absolute atomic E-state index is 11.8. The van der Waals surface area contributed by atoms with E-state index >= 15 is 0 Å². The molecule has 0 bridgehead atoms. The Labute approximate surface area is 130 Å². The summed E-state index contributed by atoms with van der Waals surface area (Å²) in [7, 11) is 0. The summed E-state index contributed by atoms with van der Waals surface area (Å²) in [5.74, 6) is -1.27. The maximum Gasteiger partial charge on any atom is 0.311 e. The lowest BCUT2D eigenvalue weighted by atomic mass is 9.85. The summed E-state index contributed by atoms with van der Waals surface area (Å²) in [6.45, 7) is 1.93. The molecule has 110 valence electrons. The number of hydrogen-bond donors (Lipinski definition) is 1. The van der Waals surface area contributed by atoms with E-state index in [1.54, 1.807) is 0 Å². The summed E-state index contributed by atoms with van der Waals surface area (Å²) < 4.78 is 0. The molecule has 3 aromatic carbocycles. The number of aliphatic carboxylic acids is 1. The van der Waals surface area contributed by atoms with Crippen LogP contribution in [0.2, 0.25) is 0 Å². The number of benzene rings is 3. The molecule has 0 fully saturated rings. The Kier molecular flexibility index (Phi) is 3.92. The molecular weight excluding hydrogens is 272 g/mol. The molecular formula is C20H18O2. The zero-order chi connectivity index (χ0) is 15.5. The van der Waals surface area contributed by atoms with Crippen LogP contribution in [-0.4, -0.2) is 11.1 Å². The predicted octanol–water partition coefficient (Wildman–Crippen LogP) is 5.09. The number of rotatable bonds is 4. The van der Waals surface area contributed by atoms with E-state index < -0.39 is 11.9 Å². The van der Waals surface area contributed by atoms with Crippen molar-refractivity contribution in [2.45, 2.75) is 19.3 Å². The summed E-state index contributed by atoms with van der Waals surface area (Å²) in [4.78, 5) is 11.8. The van der Waals surface area contributed by atoms with Crippen molar-refractivity contribution in [2.75, 3.05) is 0 Å². The predicted molar refractivity (Wildman–Crippen MR) is 90.1 cm³/mol. The van der Waals surface area contributed by atoms with Crippen molar-refractivity contribution >= 4 is 16.7 Å². The highest BCUT2D eigenvalue weighted by atomic mass is 16.4. The third-order valence-electron chi connectivity index (χ3n) is 4.11. The summed E-state index contributed by atoms with van der Waals surface area (Å²) in [6.07, 6.45) is 0.573. The van der Waals surface area contributed by atoms with Crippen molar-refractivity contribution < 1.29 is 9.90 Å². The summed E-state index contributed by atoms with van der Waals surface area (Å²) >= 11 is 0. The normalized spacial score (nSPS) is 12.2. The Bertz CT molecular complexity index is 806. The first-order valence-electron chi connectivity index (χ1n) is 7.52. The molecule has 0 aliphatic heterocycles. The van der Waals surface area contributed by atoms with Gasteiger partial charge in [0, 0.05) is 0 Å². The number of hydrogen-bond acceptors (Lipinski definition) is 1. The number of carboxylic acids is 1. The van der Waals surface area contributed by atoms with E-state index in [1.807, 2.05) is 67.6 Å². The lowest BCUT2D eigenvalue weighted by molar-refractivity contribution is -0.138. The standard InChI is InChI=1S/C20H18O2/c1-2-16(20(21)22)19-17-11-7-6-10-15(17)12-13-18(19)14-8-4-3-5-9-14/h3-13,16H,2H2,1H3,(H,21,22). The van der Waals surface area contributed by atoms with Crippen molar-refractivity contribution in [1.82, 2.24) is 0 Å². The van der Waals surface area contributed by atoms with E-state index in [1.165, 1.54) is 0 Å². The second kappa shape index (κ2) is 6.02. The molecule has 0 saturated carbocycles. The van der Waals surface area contributed by atoms with Crippen molar-refractivity contribution in [3.05, 3.63) is 72.3 Å². The maximum atomic E-state index is 11.8. The van der Waals surface area contributed by atoms with E-state index in [0.717, 1.165) is 27.5 Å². The minimum absolute atomic E-state index is 0.499. The van der Waals surface area contributed by atoms with Crippen LogP contribution >= 0.6 is 0 Å². The van der Waals surface area contributed by atoms with Gasteiger partial charge in [-0.3, -0.25) is 4.79 Å². The SMILES string of the molecule is CCC(C(=O)O)c1c(-c2ccccc2)ccc2ccccc12. The molecule has 0 saturated heterocycles. The highest BCUT2D eigenvalue weighted by molar-refractivity contribution is 5.96. The first kappa shape index (κ1) is 14.3. The molecule has 1 unspecified atom stereocenters. The zero-order valence-electron chi connectivity index (χ0n) is 12.5. The molecule has 1 N–H and O–H groups in total. The quantitative estimate of drug-likeness (QED) is 0.727. The van der Waals surface area contributed by atoms with Gasteiger partial charge in [0.05, 0.1) is 5.92 Å². The second-order valence-corrected chi connectivity index (χ2v) is 5.41. The lowest BCUT2D eigenvalue weighted by Crippen LogP contribution is -2.12. The molecule has 3 aromatic rings. The van der Waals surface area contributed by atoms with E-state index in [9.17, 15) is 9.90 Å². The first-order chi connectivity index (χ1) is 10.7. The number of carboxylic acid groups (broad SMARTS) is 1. The second-order valence-electron chi connectivity index (χ2n) is 5.41. The van der Waals surface area contributed by atoms with Gasteiger partial charge in [0.1, 0.15) is 0 Å². The van der Waals surface area contributed by atoms with Crippen LogP contribution in [0, 0.1) is 0 Å². The molecule has 0 aromatic heterocycles. The Morgan fingerprint density at radius 3 is 2.32 bits per heavy atom. The average molecular weight is 290 g/mol. The van der Waals surface area contributed by atoms with Crippen LogP contribution < -0.4 is 0 Å². The van der Waals surface area contributed by atoms with Gasteiger partial charge in [-0.15, -0.1) is 0 Å². The highest BCUT2D eigenvalue weighted by Crippen LogP contribution is 2.37. The fraction of sp³-hybridized carbons (Fsp3) is 0.150. The van der Waals surface area contributed by atoms with Crippen LogP contribution in [0.5, 0.6) is 0 Å². The minimum Gasteiger partial charge on any atom is -0.481 e. The van der Waals surface area contributed by atoms with E-state index in [4.69, 9.17) is 0 Å². The third kappa shape index (κ3) is 2.48. The molecule has 0 amide bonds. The minimum atomic E-state index is -0.768. The van der Waals surface area contributed by atoms with Crippen LogP contribution in [0.3, 0.4) is 0 Å². The van der Waals surface area contributed by atoms with Crippen LogP contribution in [0.15, 0.2) is 66.7 Å². The van der Waals surface area contributed by atoms with Gasteiger partial charge in [0.25, 0.3) is 0 Å². The largest absolute Gasteiger partial charge is 0.481 e. The summed E-state index contributed by atoms with van der Waals surface area (Å²) in [5.41, 5.74) is 2.98. The average Bonchev–Trinajstić information content (AvgIpc) is 2.56. The molecule has 0 heterocycles. The molecule has 0 aliphatic carbocycles. The van der Waals surface area contributed by atoms with Crippen LogP contribution in [0.25, 0.3) is 21.9 Å². The van der Waals surface area contributed by atoms with Gasteiger partial charge < -0.3 is 5.11 Å². The topological polar surface area (TPSA) is 37.3 Å². The van der Waals surface area contributed by atoms with Crippen molar-refractivity contribution in [3.8, 4) is 11.1 Å². The molecule has 2 heteroatoms. The van der Waals surface area contributed by atoms with Crippen LogP contribution in [0.4, 0.5) is 0 Å². The van der Waals surface area contributed by atoms with Gasteiger partial charge in [0.2, 0.25) is 0 Å². The monoisotopic (exact) mass is 290 g/mol. The van der Waals surface area contributed by atoms with E-state index in [0.29, 0.717) is 6.42 Å². The van der Waals surface area contributed by atoms with Crippen LogP contribution in [-0.2, 0) is 4.79 Å². The van der Waals surface area contributed by atoms with Gasteiger partial charge in [0.15, 0.2) is 0 Å².